The number of hydrogen-bond donors (Lipinski definition) is 1. The van der Waals surface area contributed by atoms with Gasteiger partial charge < -0.3 is 0 Å². The van der Waals surface area contributed by atoms with Crippen LogP contribution in [-0.4, -0.2) is 21.8 Å². The van der Waals surface area contributed by atoms with E-state index >= 15 is 0 Å². The fourth-order valence-electron chi connectivity index (χ4n) is 1.14. The van der Waals surface area contributed by atoms with Crippen LogP contribution >= 0.6 is 0 Å². The largest absolute Gasteiger partial charge is 0.370 e. The van der Waals surface area contributed by atoms with E-state index in [-0.39, 0.29) is 11.4 Å². The number of nitro groups is 2. The van der Waals surface area contributed by atoms with Gasteiger partial charge in [0.05, 0.1) is 15.6 Å². The first-order valence-electron chi connectivity index (χ1n) is 4.64. The number of rotatable bonds is 5. The predicted molar refractivity (Wildman–Crippen MR) is 62.5 cm³/mol. The Morgan fingerprint density at radius 2 is 2.00 bits per heavy atom. The van der Waals surface area contributed by atoms with Gasteiger partial charge >= 0.3 is 11.4 Å². The number of nitro benzene ring substituents is 2. The van der Waals surface area contributed by atoms with Gasteiger partial charge in [0.25, 0.3) is 0 Å². The van der Waals surface area contributed by atoms with Gasteiger partial charge in [0.1, 0.15) is 5.69 Å². The molecular formula is C9H8N4O5. The number of hydrogen-bond acceptors (Lipinski definition) is 7. The SMILES string of the molecule is CC(C=O)=NNc1cccc([N+](=O)[O-])c1[N+](=O)[O-]. The number of anilines is 1. The number of nitrogens with one attached hydrogen (secondary N) is 1. The third-order valence-corrected chi connectivity index (χ3v) is 1.92. The van der Waals surface area contributed by atoms with Gasteiger partial charge in [-0.1, -0.05) is 6.07 Å². The average Bonchev–Trinajstić information content (AvgIpc) is 2.34. The molecule has 18 heavy (non-hydrogen) atoms. The van der Waals surface area contributed by atoms with Gasteiger partial charge in [-0.3, -0.25) is 30.4 Å². The van der Waals surface area contributed by atoms with Crippen molar-refractivity contribution in [3.05, 3.63) is 38.4 Å². The molecule has 0 aliphatic heterocycles. The monoisotopic (exact) mass is 252 g/mol. The minimum atomic E-state index is -0.883. The second-order valence-electron chi connectivity index (χ2n) is 3.17. The average molecular weight is 252 g/mol. The summed E-state index contributed by atoms with van der Waals surface area (Å²) in [5.74, 6) is 0. The van der Waals surface area contributed by atoms with E-state index in [9.17, 15) is 25.0 Å². The van der Waals surface area contributed by atoms with Crippen molar-refractivity contribution in [3.63, 3.8) is 0 Å². The lowest BCUT2D eigenvalue weighted by Gasteiger charge is -2.02. The Morgan fingerprint density at radius 1 is 1.33 bits per heavy atom. The highest BCUT2D eigenvalue weighted by atomic mass is 16.6. The molecule has 0 spiro atoms. The molecule has 0 fully saturated rings. The van der Waals surface area contributed by atoms with Gasteiger partial charge in [-0.05, 0) is 13.0 Å². The zero-order valence-electron chi connectivity index (χ0n) is 9.19. The summed E-state index contributed by atoms with van der Waals surface area (Å²) in [5.41, 5.74) is 0.793. The lowest BCUT2D eigenvalue weighted by molar-refractivity contribution is -0.421. The Labute approximate surface area is 100 Å². The fraction of sp³-hybridized carbons (Fsp3) is 0.111. The summed E-state index contributed by atoms with van der Waals surface area (Å²) >= 11 is 0. The van der Waals surface area contributed by atoms with E-state index in [4.69, 9.17) is 0 Å². The summed E-state index contributed by atoms with van der Waals surface area (Å²) in [4.78, 5) is 30.0. The molecule has 0 bridgehead atoms. The zero-order chi connectivity index (χ0) is 13.7. The van der Waals surface area contributed by atoms with Gasteiger partial charge in [0.2, 0.25) is 0 Å². The molecule has 0 radical (unpaired) electrons. The Kier molecular flexibility index (Phi) is 4.02. The van der Waals surface area contributed by atoms with E-state index in [0.29, 0.717) is 6.29 Å². The highest BCUT2D eigenvalue weighted by Crippen LogP contribution is 2.34. The minimum absolute atomic E-state index is 0.0517. The molecule has 9 nitrogen and oxygen atoms in total. The first-order chi connectivity index (χ1) is 8.47. The molecule has 1 N–H and O–H groups in total. The molecule has 0 atom stereocenters. The molecule has 0 heterocycles. The van der Waals surface area contributed by atoms with E-state index in [1.54, 1.807) is 0 Å². The van der Waals surface area contributed by atoms with Crippen molar-refractivity contribution in [2.75, 3.05) is 5.43 Å². The van der Waals surface area contributed by atoms with E-state index in [2.05, 4.69) is 10.5 Å². The molecule has 0 unspecified atom stereocenters. The number of para-hydroxylation sites is 1. The van der Waals surface area contributed by atoms with Crippen LogP contribution in [-0.2, 0) is 4.79 Å². The summed E-state index contributed by atoms with van der Waals surface area (Å²) in [6.07, 6.45) is 0.441. The second-order valence-corrected chi connectivity index (χ2v) is 3.17. The van der Waals surface area contributed by atoms with Crippen LogP contribution in [0.1, 0.15) is 6.92 Å². The molecule has 1 rings (SSSR count). The maximum Gasteiger partial charge on any atom is 0.370 e. The molecule has 0 amide bonds. The molecule has 94 valence electrons. The molecule has 0 saturated carbocycles. The first-order valence-corrected chi connectivity index (χ1v) is 4.64. The van der Waals surface area contributed by atoms with Crippen LogP contribution in [0.5, 0.6) is 0 Å². The smallest absolute Gasteiger partial charge is 0.296 e. The Bertz CT molecular complexity index is 540. The van der Waals surface area contributed by atoms with Crippen LogP contribution in [0.15, 0.2) is 23.3 Å². The van der Waals surface area contributed by atoms with Crippen molar-refractivity contribution in [2.45, 2.75) is 6.92 Å². The summed E-state index contributed by atoms with van der Waals surface area (Å²) in [7, 11) is 0. The van der Waals surface area contributed by atoms with Gasteiger partial charge in [-0.15, -0.1) is 0 Å². The van der Waals surface area contributed by atoms with Crippen molar-refractivity contribution >= 4 is 29.1 Å². The van der Waals surface area contributed by atoms with Crippen molar-refractivity contribution in [1.82, 2.24) is 0 Å². The van der Waals surface area contributed by atoms with E-state index < -0.39 is 21.2 Å². The topological polar surface area (TPSA) is 128 Å². The van der Waals surface area contributed by atoms with Crippen LogP contribution in [0.2, 0.25) is 0 Å². The highest BCUT2D eigenvalue weighted by molar-refractivity contribution is 6.27. The second kappa shape index (κ2) is 5.48. The maximum absolute atomic E-state index is 10.8. The van der Waals surface area contributed by atoms with Crippen molar-refractivity contribution < 1.29 is 14.6 Å². The summed E-state index contributed by atoms with van der Waals surface area (Å²) in [6, 6.07) is 3.55. The van der Waals surface area contributed by atoms with Crippen LogP contribution in [0, 0.1) is 20.2 Å². The van der Waals surface area contributed by atoms with Crippen molar-refractivity contribution in [2.24, 2.45) is 5.10 Å². The van der Waals surface area contributed by atoms with Gasteiger partial charge in [0, 0.05) is 6.07 Å². The number of benzene rings is 1. The molecule has 0 aromatic heterocycles. The highest BCUT2D eigenvalue weighted by Gasteiger charge is 2.28. The third-order valence-electron chi connectivity index (χ3n) is 1.92. The van der Waals surface area contributed by atoms with E-state index in [1.807, 2.05) is 0 Å². The van der Waals surface area contributed by atoms with Crippen molar-refractivity contribution in [1.29, 1.82) is 0 Å². The summed E-state index contributed by atoms with van der Waals surface area (Å²) < 4.78 is 0. The van der Waals surface area contributed by atoms with Gasteiger partial charge in [0.15, 0.2) is 6.29 Å². The Balaban J connectivity index is 3.27. The molecule has 0 aliphatic rings. The Hall–Kier alpha value is -2.84. The summed E-state index contributed by atoms with van der Waals surface area (Å²) in [5, 5.41) is 25.0. The van der Waals surface area contributed by atoms with E-state index in [1.165, 1.54) is 19.1 Å². The molecule has 9 heteroatoms. The van der Waals surface area contributed by atoms with E-state index in [0.717, 1.165) is 6.07 Å². The van der Waals surface area contributed by atoms with Crippen LogP contribution < -0.4 is 5.43 Å². The van der Waals surface area contributed by atoms with Crippen LogP contribution in [0.25, 0.3) is 0 Å². The summed E-state index contributed by atoms with van der Waals surface area (Å²) in [6.45, 7) is 1.38. The molecular weight excluding hydrogens is 244 g/mol. The van der Waals surface area contributed by atoms with Crippen LogP contribution in [0.4, 0.5) is 17.1 Å². The lowest BCUT2D eigenvalue weighted by Crippen LogP contribution is -2.03. The number of hydrazone groups is 1. The number of nitrogens with zero attached hydrogens (tertiary/aromatic N) is 3. The van der Waals surface area contributed by atoms with Gasteiger partial charge in [-0.25, -0.2) is 0 Å². The lowest BCUT2D eigenvalue weighted by atomic mass is 10.2. The molecule has 0 aliphatic carbocycles. The number of carbonyl (C=O) groups is 1. The molecule has 0 saturated heterocycles. The minimum Gasteiger partial charge on any atom is -0.296 e. The Morgan fingerprint density at radius 3 is 2.50 bits per heavy atom. The normalized spacial score (nSPS) is 10.8. The van der Waals surface area contributed by atoms with Crippen LogP contribution in [0.3, 0.4) is 0 Å². The number of aldehydes is 1. The standard InChI is InChI=1S/C9H8N4O5/c1-6(5-14)10-11-7-3-2-4-8(12(15)16)9(7)13(17)18/h2-5,11H,1H3. The first kappa shape index (κ1) is 13.2. The van der Waals surface area contributed by atoms with Crippen molar-refractivity contribution in [3.8, 4) is 0 Å². The number of carbonyl (C=O) groups excluding carboxylic acids is 1. The quantitative estimate of drug-likeness (QED) is 0.366. The van der Waals surface area contributed by atoms with Gasteiger partial charge in [-0.2, -0.15) is 5.10 Å². The predicted octanol–water partition coefficient (Wildman–Crippen LogP) is 1.49. The fourth-order valence-corrected chi connectivity index (χ4v) is 1.14. The molecule has 1 aromatic carbocycles. The molecule has 1 aromatic rings. The maximum atomic E-state index is 10.8. The zero-order valence-corrected chi connectivity index (χ0v) is 9.19. The third kappa shape index (κ3) is 2.84.